The Hall–Kier alpha value is -3.19. The number of nitrogens with one attached hydrogen (secondary N) is 1. The van der Waals surface area contributed by atoms with Crippen LogP contribution in [0.4, 0.5) is 0 Å². The minimum absolute atomic E-state index is 0.0753. The summed E-state index contributed by atoms with van der Waals surface area (Å²) >= 11 is 0. The van der Waals surface area contributed by atoms with Crippen molar-refractivity contribution in [3.8, 4) is 0 Å². The van der Waals surface area contributed by atoms with Gasteiger partial charge in [-0.2, -0.15) is 0 Å². The Kier molecular flexibility index (Phi) is 7.73. The molecule has 0 aromatic heterocycles. The van der Waals surface area contributed by atoms with Crippen molar-refractivity contribution < 1.29 is 14.4 Å². The first-order chi connectivity index (χ1) is 16.1. The maximum atomic E-state index is 13.4. The highest BCUT2D eigenvalue weighted by atomic mass is 16.2. The molecule has 4 rings (SSSR count). The summed E-state index contributed by atoms with van der Waals surface area (Å²) in [5, 5.41) is 2.95. The zero-order valence-corrected chi connectivity index (χ0v) is 19.0. The van der Waals surface area contributed by atoms with Crippen LogP contribution < -0.4 is 5.32 Å². The number of rotatable bonds is 7. The lowest BCUT2D eigenvalue weighted by atomic mass is 10.0. The standard InChI is InChI=1S/C26H32N4O3/c31-24(29-13-7-8-14-29)20-28-15-17-30(18-16-28)26(33)23(19-21-9-3-1-4-10-21)27-25(32)22-11-5-2-6-12-22/h1-6,9-12,23H,7-8,13-20H2,(H,27,32)/t23-/m1/s1. The van der Waals surface area contributed by atoms with Crippen LogP contribution in [0.5, 0.6) is 0 Å². The van der Waals surface area contributed by atoms with Gasteiger partial charge in [-0.15, -0.1) is 0 Å². The average Bonchev–Trinajstić information content (AvgIpc) is 3.40. The number of likely N-dealkylation sites (tertiary alicyclic amines) is 1. The number of amides is 3. The van der Waals surface area contributed by atoms with Crippen LogP contribution in [0.25, 0.3) is 0 Å². The molecular weight excluding hydrogens is 416 g/mol. The van der Waals surface area contributed by atoms with Crippen molar-refractivity contribution >= 4 is 17.7 Å². The van der Waals surface area contributed by atoms with E-state index >= 15 is 0 Å². The van der Waals surface area contributed by atoms with Crippen LogP contribution >= 0.6 is 0 Å². The van der Waals surface area contributed by atoms with E-state index in [2.05, 4.69) is 10.2 Å². The highest BCUT2D eigenvalue weighted by molar-refractivity contribution is 5.97. The second kappa shape index (κ2) is 11.1. The van der Waals surface area contributed by atoms with Gasteiger partial charge in [0.05, 0.1) is 6.54 Å². The smallest absolute Gasteiger partial charge is 0.251 e. The topological polar surface area (TPSA) is 73.0 Å². The molecular formula is C26H32N4O3. The third-order valence-electron chi connectivity index (χ3n) is 6.42. The lowest BCUT2D eigenvalue weighted by Gasteiger charge is -2.36. The van der Waals surface area contributed by atoms with Gasteiger partial charge in [-0.3, -0.25) is 19.3 Å². The molecule has 0 bridgehead atoms. The minimum Gasteiger partial charge on any atom is -0.342 e. The van der Waals surface area contributed by atoms with Crippen molar-refractivity contribution in [3.63, 3.8) is 0 Å². The Morgan fingerprint density at radius 2 is 1.36 bits per heavy atom. The molecule has 0 aliphatic carbocycles. The van der Waals surface area contributed by atoms with Gasteiger partial charge in [0.15, 0.2) is 0 Å². The first-order valence-corrected chi connectivity index (χ1v) is 11.8. The second-order valence-electron chi connectivity index (χ2n) is 8.77. The summed E-state index contributed by atoms with van der Waals surface area (Å²) in [6.07, 6.45) is 2.61. The van der Waals surface area contributed by atoms with Gasteiger partial charge in [0.2, 0.25) is 11.8 Å². The molecule has 1 N–H and O–H groups in total. The van der Waals surface area contributed by atoms with Crippen LogP contribution in [0.3, 0.4) is 0 Å². The normalized spacial score (nSPS) is 17.6. The summed E-state index contributed by atoms with van der Waals surface area (Å²) in [6.45, 7) is 4.57. The Labute approximate surface area is 195 Å². The van der Waals surface area contributed by atoms with Gasteiger partial charge in [0.25, 0.3) is 5.91 Å². The van der Waals surface area contributed by atoms with Gasteiger partial charge < -0.3 is 15.1 Å². The van der Waals surface area contributed by atoms with Crippen LogP contribution in [0.15, 0.2) is 60.7 Å². The molecule has 2 saturated heterocycles. The lowest BCUT2D eigenvalue weighted by molar-refractivity contribution is -0.136. The number of hydrogen-bond donors (Lipinski definition) is 1. The molecule has 0 unspecified atom stereocenters. The van der Waals surface area contributed by atoms with E-state index in [0.717, 1.165) is 31.5 Å². The number of nitrogens with zero attached hydrogens (tertiary/aromatic N) is 3. The van der Waals surface area contributed by atoms with Crippen LogP contribution in [0.1, 0.15) is 28.8 Å². The van der Waals surface area contributed by atoms with Crippen molar-refractivity contribution in [1.29, 1.82) is 0 Å². The van der Waals surface area contributed by atoms with E-state index in [1.165, 1.54) is 0 Å². The maximum Gasteiger partial charge on any atom is 0.251 e. The number of hydrogen-bond acceptors (Lipinski definition) is 4. The lowest BCUT2D eigenvalue weighted by Crippen LogP contribution is -2.56. The summed E-state index contributed by atoms with van der Waals surface area (Å²) in [7, 11) is 0. The van der Waals surface area contributed by atoms with Crippen LogP contribution in [-0.2, 0) is 16.0 Å². The molecule has 2 heterocycles. The second-order valence-corrected chi connectivity index (χ2v) is 8.77. The quantitative estimate of drug-likeness (QED) is 0.701. The van der Waals surface area contributed by atoms with Crippen molar-refractivity contribution in [1.82, 2.24) is 20.0 Å². The molecule has 0 spiro atoms. The van der Waals surface area contributed by atoms with E-state index in [-0.39, 0.29) is 17.7 Å². The van der Waals surface area contributed by atoms with E-state index in [1.54, 1.807) is 12.1 Å². The Morgan fingerprint density at radius 1 is 0.758 bits per heavy atom. The molecule has 3 amide bonds. The highest BCUT2D eigenvalue weighted by Crippen LogP contribution is 2.12. The fourth-order valence-corrected chi connectivity index (χ4v) is 4.49. The number of carbonyl (C=O) groups excluding carboxylic acids is 3. The predicted molar refractivity (Wildman–Crippen MR) is 127 cm³/mol. The van der Waals surface area contributed by atoms with Gasteiger partial charge in [-0.1, -0.05) is 48.5 Å². The van der Waals surface area contributed by atoms with Crippen LogP contribution in [0.2, 0.25) is 0 Å². The first kappa shape index (κ1) is 23.0. The van der Waals surface area contributed by atoms with E-state index in [0.29, 0.717) is 44.7 Å². The van der Waals surface area contributed by atoms with Crippen molar-refractivity contribution in [2.24, 2.45) is 0 Å². The van der Waals surface area contributed by atoms with Crippen molar-refractivity contribution in [2.75, 3.05) is 45.8 Å². The SMILES string of the molecule is O=C(N[C@H](Cc1ccccc1)C(=O)N1CCN(CC(=O)N2CCCC2)CC1)c1ccccc1. The Bertz CT molecular complexity index is 937. The number of carbonyl (C=O) groups is 3. The van der Waals surface area contributed by atoms with Crippen LogP contribution in [-0.4, -0.2) is 84.3 Å². The Balaban J connectivity index is 1.37. The summed E-state index contributed by atoms with van der Waals surface area (Å²) in [5.74, 6) is -0.141. The van der Waals surface area contributed by atoms with Crippen LogP contribution in [0, 0.1) is 0 Å². The number of piperazine rings is 1. The van der Waals surface area contributed by atoms with Crippen molar-refractivity contribution in [2.45, 2.75) is 25.3 Å². The molecule has 2 aliphatic rings. The molecule has 7 heteroatoms. The maximum absolute atomic E-state index is 13.4. The third kappa shape index (κ3) is 6.20. The average molecular weight is 449 g/mol. The molecule has 2 aliphatic heterocycles. The highest BCUT2D eigenvalue weighted by Gasteiger charge is 2.30. The Morgan fingerprint density at radius 3 is 2.00 bits per heavy atom. The summed E-state index contributed by atoms with van der Waals surface area (Å²) < 4.78 is 0. The molecule has 2 aromatic rings. The monoisotopic (exact) mass is 448 g/mol. The van der Waals surface area contributed by atoms with Gasteiger partial charge in [0, 0.05) is 51.3 Å². The minimum atomic E-state index is -0.641. The molecule has 7 nitrogen and oxygen atoms in total. The molecule has 33 heavy (non-hydrogen) atoms. The molecule has 174 valence electrons. The predicted octanol–water partition coefficient (Wildman–Crippen LogP) is 1.79. The summed E-state index contributed by atoms with van der Waals surface area (Å²) in [6, 6.07) is 18.1. The largest absolute Gasteiger partial charge is 0.342 e. The zero-order valence-electron chi connectivity index (χ0n) is 19.0. The fourth-order valence-electron chi connectivity index (χ4n) is 4.49. The zero-order chi connectivity index (χ0) is 23.0. The van der Waals surface area contributed by atoms with E-state index in [4.69, 9.17) is 0 Å². The van der Waals surface area contributed by atoms with E-state index < -0.39 is 6.04 Å². The van der Waals surface area contributed by atoms with E-state index in [1.807, 2.05) is 58.3 Å². The van der Waals surface area contributed by atoms with Gasteiger partial charge in [0.1, 0.15) is 6.04 Å². The molecule has 2 aromatic carbocycles. The summed E-state index contributed by atoms with van der Waals surface area (Å²) in [5.41, 5.74) is 1.53. The summed E-state index contributed by atoms with van der Waals surface area (Å²) in [4.78, 5) is 44.6. The molecule has 0 radical (unpaired) electrons. The fraction of sp³-hybridized carbons (Fsp3) is 0.423. The van der Waals surface area contributed by atoms with E-state index in [9.17, 15) is 14.4 Å². The molecule has 0 saturated carbocycles. The first-order valence-electron chi connectivity index (χ1n) is 11.8. The van der Waals surface area contributed by atoms with Gasteiger partial charge >= 0.3 is 0 Å². The molecule has 1 atom stereocenters. The number of benzene rings is 2. The third-order valence-corrected chi connectivity index (χ3v) is 6.42. The van der Waals surface area contributed by atoms with Crippen molar-refractivity contribution in [3.05, 3.63) is 71.8 Å². The molecule has 2 fully saturated rings. The van der Waals surface area contributed by atoms with Gasteiger partial charge in [-0.25, -0.2) is 0 Å². The van der Waals surface area contributed by atoms with Gasteiger partial charge in [-0.05, 0) is 30.5 Å².